The average Bonchev–Trinajstić information content (AvgIpc) is 2.63. The topological polar surface area (TPSA) is 72.9 Å². The minimum atomic E-state index is -0.657. The second-order valence-electron chi connectivity index (χ2n) is 7.62. The van der Waals surface area contributed by atoms with Gasteiger partial charge in [0.05, 0.1) is 23.4 Å². The molecule has 0 saturated heterocycles. The number of fused-ring (bicyclic) bond motifs is 1. The van der Waals surface area contributed by atoms with E-state index in [1.165, 1.54) is 6.07 Å². The van der Waals surface area contributed by atoms with E-state index in [9.17, 15) is 9.59 Å². The molecule has 0 bridgehead atoms. The molecule has 1 unspecified atom stereocenters. The van der Waals surface area contributed by atoms with E-state index in [0.717, 1.165) is 19.3 Å². The Morgan fingerprint density at radius 1 is 1.24 bits per heavy atom. The zero-order chi connectivity index (χ0) is 20.7. The van der Waals surface area contributed by atoms with Gasteiger partial charge in [-0.1, -0.05) is 12.1 Å². The molecular formula is C23H22N2O4. The molecular weight excluding hydrogens is 368 g/mol. The second-order valence-corrected chi connectivity index (χ2v) is 7.62. The van der Waals surface area contributed by atoms with Crippen molar-refractivity contribution in [3.63, 3.8) is 0 Å². The van der Waals surface area contributed by atoms with Gasteiger partial charge in [-0.3, -0.25) is 4.79 Å². The van der Waals surface area contributed by atoms with Crippen molar-refractivity contribution in [2.75, 3.05) is 0 Å². The molecule has 6 nitrogen and oxygen atoms in total. The van der Waals surface area contributed by atoms with Crippen LogP contribution >= 0.6 is 0 Å². The summed E-state index contributed by atoms with van der Waals surface area (Å²) in [4.78, 5) is 29.3. The SMILES string of the molecule is [C-]#[N+]C1=C(C)NC(C)=C(C(=O)OC2CCC2)C1c1cccc2c(=O)cc(C)oc12. The Kier molecular flexibility index (Phi) is 4.75. The van der Waals surface area contributed by atoms with Crippen molar-refractivity contribution in [2.24, 2.45) is 0 Å². The third-order valence-corrected chi connectivity index (χ3v) is 5.61. The Morgan fingerprint density at radius 2 is 2.00 bits per heavy atom. The molecule has 4 rings (SSSR count). The Morgan fingerprint density at radius 3 is 2.66 bits per heavy atom. The Labute approximate surface area is 168 Å². The average molecular weight is 390 g/mol. The molecule has 0 amide bonds. The molecule has 1 aliphatic heterocycles. The molecule has 1 saturated carbocycles. The summed E-state index contributed by atoms with van der Waals surface area (Å²) in [5.41, 5.74) is 2.99. The van der Waals surface area contributed by atoms with Crippen LogP contribution in [0.2, 0.25) is 0 Å². The first kappa shape index (κ1) is 19.0. The molecule has 1 atom stereocenters. The molecule has 0 radical (unpaired) electrons. The number of carbonyl (C=O) groups is 1. The van der Waals surface area contributed by atoms with E-state index in [4.69, 9.17) is 15.7 Å². The van der Waals surface area contributed by atoms with Crippen molar-refractivity contribution in [1.29, 1.82) is 0 Å². The zero-order valence-corrected chi connectivity index (χ0v) is 16.7. The Hall–Kier alpha value is -3.33. The molecule has 1 fully saturated rings. The van der Waals surface area contributed by atoms with Crippen molar-refractivity contribution >= 4 is 16.9 Å². The minimum absolute atomic E-state index is 0.0699. The number of aryl methyl sites for hydroxylation is 1. The van der Waals surface area contributed by atoms with Crippen LogP contribution in [0.1, 0.15) is 50.4 Å². The normalized spacial score (nSPS) is 19.6. The van der Waals surface area contributed by atoms with Gasteiger partial charge in [-0.05, 0) is 51.7 Å². The van der Waals surface area contributed by atoms with Crippen molar-refractivity contribution in [1.82, 2.24) is 5.32 Å². The van der Waals surface area contributed by atoms with Gasteiger partial charge in [0.25, 0.3) is 0 Å². The van der Waals surface area contributed by atoms with Gasteiger partial charge >= 0.3 is 5.97 Å². The van der Waals surface area contributed by atoms with E-state index in [1.807, 2.05) is 13.0 Å². The number of benzene rings is 1. The molecule has 0 spiro atoms. The number of hydrogen-bond donors (Lipinski definition) is 1. The van der Waals surface area contributed by atoms with E-state index in [1.54, 1.807) is 26.0 Å². The third kappa shape index (κ3) is 3.23. The number of esters is 1. The number of nitrogens with one attached hydrogen (secondary N) is 1. The lowest BCUT2D eigenvalue weighted by Crippen LogP contribution is -2.32. The first-order valence-electron chi connectivity index (χ1n) is 9.71. The highest BCUT2D eigenvalue weighted by Crippen LogP contribution is 2.42. The van der Waals surface area contributed by atoms with Crippen LogP contribution in [0.15, 0.2) is 56.1 Å². The summed E-state index contributed by atoms with van der Waals surface area (Å²) in [6.45, 7) is 13.1. The number of para-hydroxylation sites is 1. The van der Waals surface area contributed by atoms with E-state index in [2.05, 4.69) is 10.2 Å². The van der Waals surface area contributed by atoms with Gasteiger partial charge in [-0.2, -0.15) is 0 Å². The van der Waals surface area contributed by atoms with Gasteiger partial charge in [-0.25, -0.2) is 9.64 Å². The predicted octanol–water partition coefficient (Wildman–Crippen LogP) is 4.31. The number of rotatable bonds is 3. The summed E-state index contributed by atoms with van der Waals surface area (Å²) < 4.78 is 11.6. The zero-order valence-electron chi connectivity index (χ0n) is 16.7. The number of allylic oxidation sites excluding steroid dienone is 3. The summed E-state index contributed by atoms with van der Waals surface area (Å²) >= 11 is 0. The maximum atomic E-state index is 13.1. The van der Waals surface area contributed by atoms with Gasteiger partial charge < -0.3 is 14.5 Å². The van der Waals surface area contributed by atoms with E-state index in [-0.39, 0.29) is 11.5 Å². The van der Waals surface area contributed by atoms with Crippen LogP contribution in [-0.2, 0) is 9.53 Å². The van der Waals surface area contributed by atoms with E-state index in [0.29, 0.717) is 45.0 Å². The Balaban J connectivity index is 1.93. The fourth-order valence-electron chi connectivity index (χ4n) is 3.95. The van der Waals surface area contributed by atoms with Crippen LogP contribution < -0.4 is 10.7 Å². The highest BCUT2D eigenvalue weighted by molar-refractivity contribution is 5.94. The summed E-state index contributed by atoms with van der Waals surface area (Å²) in [7, 11) is 0. The van der Waals surface area contributed by atoms with Gasteiger partial charge in [0.15, 0.2) is 11.1 Å². The van der Waals surface area contributed by atoms with Crippen molar-refractivity contribution < 1.29 is 13.9 Å². The molecule has 1 aromatic carbocycles. The molecule has 1 aromatic heterocycles. The lowest BCUT2D eigenvalue weighted by atomic mass is 9.83. The smallest absolute Gasteiger partial charge is 0.335 e. The summed E-state index contributed by atoms with van der Waals surface area (Å²) in [6.07, 6.45) is 2.71. The monoisotopic (exact) mass is 390 g/mol. The summed E-state index contributed by atoms with van der Waals surface area (Å²) in [6, 6.07) is 6.70. The fourth-order valence-corrected chi connectivity index (χ4v) is 3.95. The van der Waals surface area contributed by atoms with Gasteiger partial charge in [0.2, 0.25) is 0 Å². The molecule has 2 aromatic rings. The van der Waals surface area contributed by atoms with Gasteiger partial charge in [-0.15, -0.1) is 0 Å². The number of nitrogens with zero attached hydrogens (tertiary/aromatic N) is 1. The van der Waals surface area contributed by atoms with Crippen LogP contribution in [-0.4, -0.2) is 12.1 Å². The van der Waals surface area contributed by atoms with Crippen LogP contribution in [0, 0.1) is 13.5 Å². The van der Waals surface area contributed by atoms with E-state index < -0.39 is 11.9 Å². The lowest BCUT2D eigenvalue weighted by Gasteiger charge is -2.31. The standard InChI is InChI=1S/C23H22N2O4/c1-12-11-18(26)16-9-6-10-17(22(16)28-12)20-19(23(27)29-15-7-5-8-15)13(2)25-14(3)21(20)24-4/h6,9-11,15,20,25H,5,7-8H2,1-3H3. The molecule has 148 valence electrons. The fraction of sp³-hybridized carbons (Fsp3) is 0.348. The molecule has 2 heterocycles. The van der Waals surface area contributed by atoms with Gasteiger partial charge in [0.1, 0.15) is 17.4 Å². The highest BCUT2D eigenvalue weighted by atomic mass is 16.5. The number of hydrogen-bond acceptors (Lipinski definition) is 5. The Bertz CT molecular complexity index is 1180. The van der Waals surface area contributed by atoms with Crippen LogP contribution in [0.25, 0.3) is 15.8 Å². The minimum Gasteiger partial charge on any atom is -0.461 e. The summed E-state index contributed by atoms with van der Waals surface area (Å²) in [5.74, 6) is -0.603. The quantitative estimate of drug-likeness (QED) is 0.625. The number of dihydropyridines is 1. The van der Waals surface area contributed by atoms with E-state index >= 15 is 0 Å². The highest BCUT2D eigenvalue weighted by Gasteiger charge is 2.37. The van der Waals surface area contributed by atoms with Crippen molar-refractivity contribution in [3.05, 3.63) is 79.9 Å². The first-order chi connectivity index (χ1) is 13.9. The first-order valence-corrected chi connectivity index (χ1v) is 9.71. The largest absolute Gasteiger partial charge is 0.461 e. The van der Waals surface area contributed by atoms with Crippen LogP contribution in [0.5, 0.6) is 0 Å². The molecule has 29 heavy (non-hydrogen) atoms. The third-order valence-electron chi connectivity index (χ3n) is 5.61. The maximum Gasteiger partial charge on any atom is 0.335 e. The molecule has 1 aliphatic carbocycles. The van der Waals surface area contributed by atoms with Gasteiger partial charge in [0, 0.05) is 17.5 Å². The number of carbonyl (C=O) groups excluding carboxylic acids is 1. The van der Waals surface area contributed by atoms with Crippen molar-refractivity contribution in [3.8, 4) is 0 Å². The maximum absolute atomic E-state index is 13.1. The molecule has 2 aliphatic rings. The predicted molar refractivity (Wildman–Crippen MR) is 109 cm³/mol. The van der Waals surface area contributed by atoms with Crippen molar-refractivity contribution in [2.45, 2.75) is 52.1 Å². The van der Waals surface area contributed by atoms with Crippen LogP contribution in [0.3, 0.4) is 0 Å². The summed E-state index contributed by atoms with van der Waals surface area (Å²) in [5, 5.41) is 3.57. The van der Waals surface area contributed by atoms with Crippen LogP contribution in [0.4, 0.5) is 0 Å². The second kappa shape index (κ2) is 7.25. The molecule has 6 heteroatoms. The number of ether oxygens (including phenoxy) is 1. The lowest BCUT2D eigenvalue weighted by molar-refractivity contribution is -0.148. The molecule has 1 N–H and O–H groups in total.